The molecule has 0 atom stereocenters. The Hall–Kier alpha value is -0.0900. The van der Waals surface area contributed by atoms with Crippen LogP contribution in [0.1, 0.15) is 12.8 Å². The quantitative estimate of drug-likeness (QED) is 0.565. The Kier molecular flexibility index (Phi) is 1.28. The van der Waals surface area contributed by atoms with E-state index in [4.69, 9.17) is 0 Å². The minimum Gasteiger partial charge on any atom is -0.213 e. The van der Waals surface area contributed by atoms with E-state index in [9.17, 15) is 8.42 Å². The van der Waals surface area contributed by atoms with Crippen LogP contribution in [0.25, 0.3) is 0 Å². The number of sulfonamides is 1. The maximum Gasteiger partial charge on any atom is 0.208 e. The molecule has 0 amide bonds. The highest BCUT2D eigenvalue weighted by Crippen LogP contribution is 2.18. The molecular formula is C4H9NO2S. The van der Waals surface area contributed by atoms with E-state index < -0.39 is 10.0 Å². The number of hydrogen-bond acceptors (Lipinski definition) is 2. The predicted molar refractivity (Wildman–Crippen MR) is 31.0 cm³/mol. The van der Waals surface area contributed by atoms with Crippen LogP contribution in [0, 0.1) is 0 Å². The molecule has 1 aliphatic carbocycles. The molecule has 0 aromatic carbocycles. The van der Waals surface area contributed by atoms with Gasteiger partial charge >= 0.3 is 0 Å². The van der Waals surface area contributed by atoms with Gasteiger partial charge < -0.3 is 0 Å². The zero-order valence-electron chi connectivity index (χ0n) is 4.72. The molecule has 8 heavy (non-hydrogen) atoms. The van der Waals surface area contributed by atoms with Gasteiger partial charge in [-0.25, -0.2) is 13.1 Å². The standard InChI is InChI=1S/C4H9NO2S/c1-8(6,7)5-4-2-3-4/h4-5H,2-3H2,1H3. The summed E-state index contributed by atoms with van der Waals surface area (Å²) in [4.78, 5) is 0. The normalized spacial score (nSPS) is 21.1. The Morgan fingerprint density at radius 3 is 2.12 bits per heavy atom. The second-order valence-electron chi connectivity index (χ2n) is 2.16. The molecule has 0 heterocycles. The molecule has 3 nitrogen and oxygen atoms in total. The maximum absolute atomic E-state index is 10.4. The van der Waals surface area contributed by atoms with Crippen molar-refractivity contribution in [2.24, 2.45) is 0 Å². The van der Waals surface area contributed by atoms with Gasteiger partial charge in [0, 0.05) is 6.04 Å². The first-order chi connectivity index (χ1) is 3.58. The highest BCUT2D eigenvalue weighted by atomic mass is 32.2. The summed E-state index contributed by atoms with van der Waals surface area (Å²) in [6.45, 7) is 0. The van der Waals surface area contributed by atoms with E-state index in [1.165, 1.54) is 6.26 Å². The summed E-state index contributed by atoms with van der Waals surface area (Å²) >= 11 is 0. The van der Waals surface area contributed by atoms with Gasteiger partial charge in [0.1, 0.15) is 0 Å². The highest BCUT2D eigenvalue weighted by Gasteiger charge is 2.24. The Balaban J connectivity index is 2.38. The van der Waals surface area contributed by atoms with Crippen molar-refractivity contribution in [3.05, 3.63) is 0 Å². The average Bonchev–Trinajstić information content (AvgIpc) is 2.12. The third kappa shape index (κ3) is 2.28. The SMILES string of the molecule is CS(=O)(=O)NC1CC1. The monoisotopic (exact) mass is 135 g/mol. The minimum absolute atomic E-state index is 0.255. The molecule has 0 aromatic heterocycles. The molecule has 1 N–H and O–H groups in total. The number of rotatable bonds is 2. The fraction of sp³-hybridized carbons (Fsp3) is 1.00. The number of nitrogens with one attached hydrogen (secondary N) is 1. The van der Waals surface area contributed by atoms with Gasteiger partial charge in [-0.2, -0.15) is 0 Å². The van der Waals surface area contributed by atoms with Crippen molar-refractivity contribution >= 4 is 10.0 Å². The Labute approximate surface area is 49.1 Å². The van der Waals surface area contributed by atoms with E-state index in [0.29, 0.717) is 0 Å². The molecule has 0 spiro atoms. The van der Waals surface area contributed by atoms with Gasteiger partial charge in [0.05, 0.1) is 6.26 Å². The van der Waals surface area contributed by atoms with Crippen molar-refractivity contribution < 1.29 is 8.42 Å². The molecular weight excluding hydrogens is 126 g/mol. The lowest BCUT2D eigenvalue weighted by Gasteiger charge is -1.94. The molecule has 0 radical (unpaired) electrons. The van der Waals surface area contributed by atoms with E-state index in [0.717, 1.165) is 12.8 Å². The molecule has 0 bridgehead atoms. The van der Waals surface area contributed by atoms with Crippen LogP contribution < -0.4 is 4.72 Å². The lowest BCUT2D eigenvalue weighted by atomic mass is 10.8. The minimum atomic E-state index is -2.91. The molecule has 1 rings (SSSR count). The van der Waals surface area contributed by atoms with Crippen molar-refractivity contribution in [3.8, 4) is 0 Å². The molecule has 1 fully saturated rings. The van der Waals surface area contributed by atoms with Gasteiger partial charge in [-0.05, 0) is 12.8 Å². The van der Waals surface area contributed by atoms with Gasteiger partial charge in [-0.1, -0.05) is 0 Å². The maximum atomic E-state index is 10.4. The van der Waals surface area contributed by atoms with E-state index in [-0.39, 0.29) is 6.04 Å². The summed E-state index contributed by atoms with van der Waals surface area (Å²) in [6, 6.07) is 0.255. The summed E-state index contributed by atoms with van der Waals surface area (Å²) in [5, 5.41) is 0. The van der Waals surface area contributed by atoms with E-state index in [1.807, 2.05) is 0 Å². The Bertz CT molecular complexity index is 168. The van der Waals surface area contributed by atoms with Gasteiger partial charge in [0.2, 0.25) is 10.0 Å². The van der Waals surface area contributed by atoms with Gasteiger partial charge in [0.25, 0.3) is 0 Å². The summed E-state index contributed by atoms with van der Waals surface area (Å²) in [5.41, 5.74) is 0. The first kappa shape index (κ1) is 6.04. The molecule has 0 aromatic rings. The van der Waals surface area contributed by atoms with Crippen LogP contribution in [0.4, 0.5) is 0 Å². The molecule has 1 aliphatic rings. The molecule has 48 valence electrons. The smallest absolute Gasteiger partial charge is 0.208 e. The Morgan fingerprint density at radius 1 is 1.50 bits per heavy atom. The first-order valence-electron chi connectivity index (χ1n) is 2.55. The van der Waals surface area contributed by atoms with Crippen molar-refractivity contribution in [3.63, 3.8) is 0 Å². The largest absolute Gasteiger partial charge is 0.213 e. The van der Waals surface area contributed by atoms with Crippen molar-refractivity contribution in [1.29, 1.82) is 0 Å². The third-order valence-electron chi connectivity index (χ3n) is 0.958. The van der Waals surface area contributed by atoms with Crippen LogP contribution in [-0.2, 0) is 10.0 Å². The fourth-order valence-electron chi connectivity index (χ4n) is 0.504. The predicted octanol–water partition coefficient (Wildman–Crippen LogP) is -0.302. The molecule has 4 heteroatoms. The van der Waals surface area contributed by atoms with Crippen LogP contribution in [0.15, 0.2) is 0 Å². The van der Waals surface area contributed by atoms with E-state index in [2.05, 4.69) is 4.72 Å². The number of hydrogen-bond donors (Lipinski definition) is 1. The van der Waals surface area contributed by atoms with Crippen LogP contribution in [0.3, 0.4) is 0 Å². The van der Waals surface area contributed by atoms with E-state index >= 15 is 0 Å². The zero-order chi connectivity index (χ0) is 6.20. The van der Waals surface area contributed by atoms with Crippen LogP contribution in [-0.4, -0.2) is 20.7 Å². The third-order valence-corrected chi connectivity index (χ3v) is 1.72. The molecule has 0 unspecified atom stereocenters. The van der Waals surface area contributed by atoms with Gasteiger partial charge in [0.15, 0.2) is 0 Å². The lowest BCUT2D eigenvalue weighted by Crippen LogP contribution is -2.23. The summed E-state index contributed by atoms with van der Waals surface area (Å²) in [7, 11) is -2.91. The van der Waals surface area contributed by atoms with Crippen LogP contribution >= 0.6 is 0 Å². The van der Waals surface area contributed by atoms with Gasteiger partial charge in [-0.15, -0.1) is 0 Å². The second kappa shape index (κ2) is 1.70. The summed E-state index contributed by atoms with van der Waals surface area (Å²) < 4.78 is 23.2. The van der Waals surface area contributed by atoms with Crippen molar-refractivity contribution in [2.75, 3.05) is 6.26 Å². The second-order valence-corrected chi connectivity index (χ2v) is 3.94. The van der Waals surface area contributed by atoms with Crippen molar-refractivity contribution in [1.82, 2.24) is 4.72 Å². The van der Waals surface area contributed by atoms with Gasteiger partial charge in [-0.3, -0.25) is 0 Å². The summed E-state index contributed by atoms with van der Waals surface area (Å²) in [5.74, 6) is 0. The molecule has 1 saturated carbocycles. The zero-order valence-corrected chi connectivity index (χ0v) is 5.53. The van der Waals surface area contributed by atoms with Crippen LogP contribution in [0.2, 0.25) is 0 Å². The van der Waals surface area contributed by atoms with Crippen LogP contribution in [0.5, 0.6) is 0 Å². The fourth-order valence-corrected chi connectivity index (χ4v) is 1.35. The topological polar surface area (TPSA) is 46.2 Å². The van der Waals surface area contributed by atoms with E-state index in [1.54, 1.807) is 0 Å². The Morgan fingerprint density at radius 2 is 2.00 bits per heavy atom. The molecule has 0 aliphatic heterocycles. The summed E-state index contributed by atoms with van der Waals surface area (Å²) in [6.07, 6.45) is 3.20. The lowest BCUT2D eigenvalue weighted by molar-refractivity contribution is 0.587. The average molecular weight is 135 g/mol. The molecule has 0 saturated heterocycles. The first-order valence-corrected chi connectivity index (χ1v) is 4.44. The highest BCUT2D eigenvalue weighted by molar-refractivity contribution is 7.88. The van der Waals surface area contributed by atoms with Crippen molar-refractivity contribution in [2.45, 2.75) is 18.9 Å².